The molecule has 0 bridgehead atoms. The monoisotopic (exact) mass is 228 g/mol. The number of rotatable bonds is 4. The third-order valence-electron chi connectivity index (χ3n) is 3.91. The molecule has 0 aromatic carbocycles. The number of nitrogens with zero attached hydrogens (tertiary/aromatic N) is 1. The van der Waals surface area contributed by atoms with Crippen LogP contribution < -0.4 is 5.73 Å². The number of ether oxygens (including phenoxy) is 1. The van der Waals surface area contributed by atoms with E-state index in [-0.39, 0.29) is 12.5 Å². The van der Waals surface area contributed by atoms with Crippen molar-refractivity contribution in [3.8, 4) is 0 Å². The van der Waals surface area contributed by atoms with E-state index >= 15 is 0 Å². The van der Waals surface area contributed by atoms with Crippen LogP contribution in [-0.2, 0) is 9.53 Å². The van der Waals surface area contributed by atoms with Gasteiger partial charge in [0.15, 0.2) is 0 Å². The van der Waals surface area contributed by atoms with E-state index in [0.717, 1.165) is 25.9 Å². The van der Waals surface area contributed by atoms with Gasteiger partial charge in [-0.1, -0.05) is 20.3 Å². The average Bonchev–Trinajstić information content (AvgIpc) is 2.31. The fourth-order valence-electron chi connectivity index (χ4n) is 2.12. The molecule has 4 heteroatoms. The van der Waals surface area contributed by atoms with E-state index in [1.54, 1.807) is 0 Å². The van der Waals surface area contributed by atoms with Crippen LogP contribution in [0, 0.1) is 5.41 Å². The van der Waals surface area contributed by atoms with E-state index in [4.69, 9.17) is 10.5 Å². The highest BCUT2D eigenvalue weighted by Crippen LogP contribution is 2.34. The van der Waals surface area contributed by atoms with Gasteiger partial charge in [0.05, 0.1) is 0 Å². The molecule has 1 amide bonds. The molecule has 2 N–H and O–H groups in total. The summed E-state index contributed by atoms with van der Waals surface area (Å²) in [5, 5.41) is 0. The molecule has 1 aliphatic heterocycles. The largest absolute Gasteiger partial charge is 0.370 e. The Hall–Kier alpha value is -0.610. The highest BCUT2D eigenvalue weighted by molar-refractivity contribution is 5.81. The maximum atomic E-state index is 12.0. The molecule has 0 radical (unpaired) electrons. The molecule has 1 unspecified atom stereocenters. The number of nitrogens with two attached hydrogens (primary N) is 1. The third kappa shape index (κ3) is 2.95. The molecule has 1 saturated heterocycles. The van der Waals surface area contributed by atoms with Gasteiger partial charge in [0, 0.05) is 26.7 Å². The summed E-state index contributed by atoms with van der Waals surface area (Å²) < 4.78 is 5.08. The number of piperidine rings is 1. The van der Waals surface area contributed by atoms with E-state index in [0.29, 0.717) is 5.41 Å². The highest BCUT2D eigenvalue weighted by atomic mass is 16.5. The average molecular weight is 228 g/mol. The second-order valence-corrected chi connectivity index (χ2v) is 4.95. The van der Waals surface area contributed by atoms with E-state index in [1.807, 2.05) is 4.90 Å². The van der Waals surface area contributed by atoms with Crippen LogP contribution in [0.15, 0.2) is 0 Å². The SMILES string of the molecule is CCC1(C)CCN(C(=O)C(CN)OC)CC1. The zero-order valence-electron chi connectivity index (χ0n) is 10.7. The van der Waals surface area contributed by atoms with Crippen molar-refractivity contribution >= 4 is 5.91 Å². The fourth-order valence-corrected chi connectivity index (χ4v) is 2.12. The molecular weight excluding hydrogens is 204 g/mol. The first kappa shape index (κ1) is 13.5. The summed E-state index contributed by atoms with van der Waals surface area (Å²) in [6.45, 7) is 6.45. The van der Waals surface area contributed by atoms with Crippen LogP contribution in [0.3, 0.4) is 0 Å². The first-order valence-corrected chi connectivity index (χ1v) is 6.08. The summed E-state index contributed by atoms with van der Waals surface area (Å²) in [5.41, 5.74) is 5.90. The number of amides is 1. The van der Waals surface area contributed by atoms with Gasteiger partial charge in [-0.3, -0.25) is 4.79 Å². The van der Waals surface area contributed by atoms with Crippen molar-refractivity contribution in [2.75, 3.05) is 26.7 Å². The van der Waals surface area contributed by atoms with Gasteiger partial charge in [-0.25, -0.2) is 0 Å². The second-order valence-electron chi connectivity index (χ2n) is 4.95. The Morgan fingerprint density at radius 3 is 2.44 bits per heavy atom. The summed E-state index contributed by atoms with van der Waals surface area (Å²) in [6.07, 6.45) is 2.87. The van der Waals surface area contributed by atoms with Gasteiger partial charge in [0.25, 0.3) is 5.91 Å². The maximum absolute atomic E-state index is 12.0. The standard InChI is InChI=1S/C12H24N2O2/c1-4-12(2)5-7-14(8-6-12)11(15)10(9-13)16-3/h10H,4-9,13H2,1-3H3. The van der Waals surface area contributed by atoms with Gasteiger partial charge >= 0.3 is 0 Å². The predicted molar refractivity (Wildman–Crippen MR) is 64.1 cm³/mol. The molecule has 0 aliphatic carbocycles. The van der Waals surface area contributed by atoms with Gasteiger partial charge in [-0.05, 0) is 18.3 Å². The molecule has 0 aromatic heterocycles. The molecule has 94 valence electrons. The van der Waals surface area contributed by atoms with Gasteiger partial charge in [0.1, 0.15) is 6.10 Å². The van der Waals surface area contributed by atoms with Gasteiger partial charge < -0.3 is 15.4 Å². The molecule has 1 fully saturated rings. The quantitative estimate of drug-likeness (QED) is 0.781. The molecule has 0 saturated carbocycles. The zero-order valence-corrected chi connectivity index (χ0v) is 10.7. The van der Waals surface area contributed by atoms with Crippen molar-refractivity contribution < 1.29 is 9.53 Å². The minimum absolute atomic E-state index is 0.0446. The van der Waals surface area contributed by atoms with Crippen LogP contribution in [0.25, 0.3) is 0 Å². The Balaban J connectivity index is 2.50. The summed E-state index contributed by atoms with van der Waals surface area (Å²) in [5.74, 6) is 0.0446. The van der Waals surface area contributed by atoms with Crippen LogP contribution in [-0.4, -0.2) is 43.7 Å². The Bertz CT molecular complexity index is 231. The first-order valence-electron chi connectivity index (χ1n) is 6.08. The summed E-state index contributed by atoms with van der Waals surface area (Å²) in [4.78, 5) is 13.9. The lowest BCUT2D eigenvalue weighted by molar-refractivity contribution is -0.143. The number of carbonyl (C=O) groups excluding carboxylic acids is 1. The lowest BCUT2D eigenvalue weighted by Crippen LogP contribution is -2.48. The number of likely N-dealkylation sites (tertiary alicyclic amines) is 1. The first-order chi connectivity index (χ1) is 7.56. The molecule has 1 aliphatic rings. The summed E-state index contributed by atoms with van der Waals surface area (Å²) >= 11 is 0. The Kier molecular flexibility index (Phi) is 4.74. The van der Waals surface area contributed by atoms with Crippen LogP contribution in [0.1, 0.15) is 33.1 Å². The summed E-state index contributed by atoms with van der Waals surface area (Å²) in [6, 6.07) is 0. The number of carbonyl (C=O) groups is 1. The minimum Gasteiger partial charge on any atom is -0.370 e. The molecule has 1 rings (SSSR count). The van der Waals surface area contributed by atoms with Gasteiger partial charge in [-0.15, -0.1) is 0 Å². The normalized spacial score (nSPS) is 21.9. The lowest BCUT2D eigenvalue weighted by Gasteiger charge is -2.39. The fraction of sp³-hybridized carbons (Fsp3) is 0.917. The van der Waals surface area contributed by atoms with Crippen molar-refractivity contribution in [2.45, 2.75) is 39.2 Å². The molecule has 16 heavy (non-hydrogen) atoms. The molecule has 0 spiro atoms. The molecule has 4 nitrogen and oxygen atoms in total. The van der Waals surface area contributed by atoms with Gasteiger partial charge in [-0.2, -0.15) is 0 Å². The van der Waals surface area contributed by atoms with E-state index in [2.05, 4.69) is 13.8 Å². The second kappa shape index (κ2) is 5.64. The Morgan fingerprint density at radius 2 is 2.06 bits per heavy atom. The van der Waals surface area contributed by atoms with Crippen molar-refractivity contribution in [1.82, 2.24) is 4.90 Å². The molecule has 0 aromatic rings. The third-order valence-corrected chi connectivity index (χ3v) is 3.91. The predicted octanol–water partition coefficient (Wildman–Crippen LogP) is 0.999. The smallest absolute Gasteiger partial charge is 0.253 e. The van der Waals surface area contributed by atoms with Crippen LogP contribution in [0.4, 0.5) is 0 Å². The highest BCUT2D eigenvalue weighted by Gasteiger charge is 2.32. The van der Waals surface area contributed by atoms with E-state index in [9.17, 15) is 4.79 Å². The van der Waals surface area contributed by atoms with Crippen molar-refractivity contribution in [1.29, 1.82) is 0 Å². The minimum atomic E-state index is -0.467. The maximum Gasteiger partial charge on any atom is 0.253 e. The van der Waals surface area contributed by atoms with E-state index in [1.165, 1.54) is 13.5 Å². The van der Waals surface area contributed by atoms with Crippen LogP contribution in [0.2, 0.25) is 0 Å². The van der Waals surface area contributed by atoms with Crippen LogP contribution in [0.5, 0.6) is 0 Å². The van der Waals surface area contributed by atoms with Crippen molar-refractivity contribution in [3.05, 3.63) is 0 Å². The van der Waals surface area contributed by atoms with Gasteiger partial charge in [0.2, 0.25) is 0 Å². The summed E-state index contributed by atoms with van der Waals surface area (Å²) in [7, 11) is 1.54. The molecule has 1 heterocycles. The number of hydrogen-bond donors (Lipinski definition) is 1. The van der Waals surface area contributed by atoms with Crippen molar-refractivity contribution in [3.63, 3.8) is 0 Å². The Labute approximate surface area is 98.1 Å². The topological polar surface area (TPSA) is 55.6 Å². The number of methoxy groups -OCH3 is 1. The van der Waals surface area contributed by atoms with E-state index < -0.39 is 6.10 Å². The zero-order chi connectivity index (χ0) is 12.2. The lowest BCUT2D eigenvalue weighted by atomic mass is 9.78. The Morgan fingerprint density at radius 1 is 1.50 bits per heavy atom. The molecule has 1 atom stereocenters. The van der Waals surface area contributed by atoms with Crippen molar-refractivity contribution in [2.24, 2.45) is 11.1 Å². The number of hydrogen-bond acceptors (Lipinski definition) is 3. The molecular formula is C12H24N2O2. The van der Waals surface area contributed by atoms with Crippen LogP contribution >= 0.6 is 0 Å².